The number of halogens is 1. The average Bonchev–Trinajstić information content (AvgIpc) is 3.52. The molecule has 4 aromatic rings. The van der Waals surface area contributed by atoms with Crippen molar-refractivity contribution in [2.24, 2.45) is 0 Å². The van der Waals surface area contributed by atoms with Crippen LogP contribution in [0.3, 0.4) is 0 Å². The van der Waals surface area contributed by atoms with Crippen molar-refractivity contribution in [1.82, 2.24) is 29.9 Å². The lowest BCUT2D eigenvalue weighted by Crippen LogP contribution is -2.19. The molecule has 9 nitrogen and oxygen atoms in total. The lowest BCUT2D eigenvalue weighted by Gasteiger charge is -2.14. The molecule has 4 rings (SSSR count). The SMILES string of the molecule is CC(C)=C(C(=O)Nc1nc2cccnc2s1)/C(=C\C=C(/C)Sc1nncn1F)Sc1ccc(OCCN(C)C)cc1. The first-order chi connectivity index (χ1) is 19.7. The number of hydrogen-bond acceptors (Lipinski definition) is 10. The summed E-state index contributed by atoms with van der Waals surface area (Å²) in [7, 11) is 4.00. The van der Waals surface area contributed by atoms with Gasteiger partial charge in [0.2, 0.25) is 5.16 Å². The van der Waals surface area contributed by atoms with E-state index in [1.54, 1.807) is 6.20 Å². The number of nitrogens with one attached hydrogen (secondary N) is 1. The zero-order chi connectivity index (χ0) is 29.4. The molecule has 0 saturated carbocycles. The van der Waals surface area contributed by atoms with Gasteiger partial charge in [0.25, 0.3) is 5.91 Å². The Balaban J connectivity index is 1.60. The maximum Gasteiger partial charge on any atom is 0.258 e. The molecule has 214 valence electrons. The van der Waals surface area contributed by atoms with E-state index in [0.717, 1.165) is 56.1 Å². The van der Waals surface area contributed by atoms with Gasteiger partial charge in [0.1, 0.15) is 22.7 Å². The fourth-order valence-electron chi connectivity index (χ4n) is 3.46. The maximum atomic E-state index is 13.8. The second-order valence-electron chi connectivity index (χ2n) is 9.24. The first-order valence-electron chi connectivity index (χ1n) is 12.6. The number of aromatic nitrogens is 5. The molecular weight excluding hydrogens is 582 g/mol. The van der Waals surface area contributed by atoms with Gasteiger partial charge < -0.3 is 9.64 Å². The van der Waals surface area contributed by atoms with Gasteiger partial charge in [-0.25, -0.2) is 9.97 Å². The quantitative estimate of drug-likeness (QED) is 0.108. The van der Waals surface area contributed by atoms with Crippen molar-refractivity contribution < 1.29 is 14.0 Å². The molecule has 0 bridgehead atoms. The fourth-order valence-corrected chi connectivity index (χ4v) is 5.97. The van der Waals surface area contributed by atoms with Crippen LogP contribution < -0.4 is 10.1 Å². The predicted octanol–water partition coefficient (Wildman–Crippen LogP) is 6.60. The van der Waals surface area contributed by atoms with E-state index in [9.17, 15) is 9.28 Å². The Morgan fingerprint density at radius 3 is 2.59 bits per heavy atom. The first kappa shape index (κ1) is 30.4. The third-order valence-electron chi connectivity index (χ3n) is 5.42. The molecule has 1 aromatic carbocycles. The highest BCUT2D eigenvalue weighted by molar-refractivity contribution is 8.03. The number of fused-ring (bicyclic) bond motifs is 1. The van der Waals surface area contributed by atoms with Crippen LogP contribution in [0.5, 0.6) is 5.75 Å². The molecule has 0 unspecified atom stereocenters. The Labute approximate surface area is 250 Å². The number of benzene rings is 1. The van der Waals surface area contributed by atoms with Gasteiger partial charge in [0, 0.05) is 22.5 Å². The van der Waals surface area contributed by atoms with E-state index >= 15 is 0 Å². The fraction of sp³-hybridized carbons (Fsp3) is 0.250. The van der Waals surface area contributed by atoms with Gasteiger partial charge in [0.05, 0.1) is 5.57 Å². The van der Waals surface area contributed by atoms with Crippen molar-refractivity contribution in [2.75, 3.05) is 32.6 Å². The topological polar surface area (TPSA) is 98.1 Å². The van der Waals surface area contributed by atoms with Gasteiger partial charge in [-0.15, -0.1) is 15.0 Å². The van der Waals surface area contributed by atoms with Gasteiger partial charge in [-0.2, -0.15) is 0 Å². The molecule has 1 N–H and O–H groups in total. The number of amides is 1. The number of rotatable bonds is 12. The van der Waals surface area contributed by atoms with Crippen LogP contribution in [0.1, 0.15) is 20.8 Å². The van der Waals surface area contributed by atoms with Crippen LogP contribution >= 0.6 is 34.9 Å². The van der Waals surface area contributed by atoms with E-state index in [1.165, 1.54) is 23.1 Å². The van der Waals surface area contributed by atoms with Crippen molar-refractivity contribution in [3.8, 4) is 5.75 Å². The zero-order valence-corrected chi connectivity index (χ0v) is 25.7. The van der Waals surface area contributed by atoms with Gasteiger partial charge in [-0.1, -0.05) is 51.0 Å². The lowest BCUT2D eigenvalue weighted by atomic mass is 10.1. The number of nitrogens with zero attached hydrogens (tertiary/aromatic N) is 6. The number of pyridine rings is 1. The second-order valence-corrected chi connectivity index (χ2v) is 12.5. The standard InChI is InChI=1S/C28H30FN7O2S3/c1-18(2)24(25(37)33-27-32-22-7-6-14-30-26(22)41-27)23(13-8-19(3)39-28-34-31-17-36(28)29)40-21-11-9-20(10-12-21)38-16-15-35(4)5/h6-14,17H,15-16H2,1-5H3,(H,32,33,37)/b19-8+,23-13+. The molecule has 0 fully saturated rings. The van der Waals surface area contributed by atoms with Crippen LogP contribution in [0, 0.1) is 0 Å². The summed E-state index contributed by atoms with van der Waals surface area (Å²) in [5.74, 6) is 0.488. The maximum absolute atomic E-state index is 13.8. The average molecular weight is 612 g/mol. The largest absolute Gasteiger partial charge is 0.492 e. The highest BCUT2D eigenvalue weighted by Crippen LogP contribution is 2.36. The summed E-state index contributed by atoms with van der Waals surface area (Å²) in [6.07, 6.45) is 6.39. The number of carbonyl (C=O) groups is 1. The van der Waals surface area contributed by atoms with E-state index in [4.69, 9.17) is 4.74 Å². The summed E-state index contributed by atoms with van der Waals surface area (Å²) in [5.41, 5.74) is 2.06. The molecule has 0 radical (unpaired) electrons. The summed E-state index contributed by atoms with van der Waals surface area (Å²) in [5, 5.41) is 10.9. The van der Waals surface area contributed by atoms with Crippen molar-refractivity contribution in [3.05, 3.63) is 82.0 Å². The van der Waals surface area contributed by atoms with Crippen LogP contribution in [0.2, 0.25) is 0 Å². The van der Waals surface area contributed by atoms with E-state index in [2.05, 4.69) is 30.4 Å². The van der Waals surface area contributed by atoms with E-state index < -0.39 is 0 Å². The first-order valence-corrected chi connectivity index (χ1v) is 15.0. The molecule has 0 aliphatic carbocycles. The number of anilines is 1. The molecule has 0 atom stereocenters. The Bertz CT molecular complexity index is 1560. The highest BCUT2D eigenvalue weighted by atomic mass is 32.2. The summed E-state index contributed by atoms with van der Waals surface area (Å²) >= 11 is 3.90. The summed E-state index contributed by atoms with van der Waals surface area (Å²) < 4.78 is 19.6. The zero-order valence-electron chi connectivity index (χ0n) is 23.3. The molecule has 41 heavy (non-hydrogen) atoms. The molecule has 13 heteroatoms. The number of hydrogen-bond donors (Lipinski definition) is 1. The smallest absolute Gasteiger partial charge is 0.258 e. The monoisotopic (exact) mass is 611 g/mol. The molecule has 0 saturated heterocycles. The van der Waals surface area contributed by atoms with E-state index in [-0.39, 0.29) is 11.1 Å². The van der Waals surface area contributed by atoms with Gasteiger partial charge >= 0.3 is 0 Å². The van der Waals surface area contributed by atoms with Crippen LogP contribution in [-0.2, 0) is 4.79 Å². The Morgan fingerprint density at radius 1 is 1.15 bits per heavy atom. The molecule has 0 spiro atoms. The van der Waals surface area contributed by atoms with Gasteiger partial charge in [-0.05, 0) is 82.2 Å². The Hall–Kier alpha value is -3.52. The molecular formula is C28H30FN7O2S3. The number of thioether (sulfide) groups is 2. The number of likely N-dealkylation sites (N-methyl/N-ethyl adjacent to an activating group) is 1. The molecule has 0 aliphatic rings. The second kappa shape index (κ2) is 14.4. The van der Waals surface area contributed by atoms with Gasteiger partial charge in [-0.3, -0.25) is 10.1 Å². The third-order valence-corrected chi connectivity index (χ3v) is 8.28. The minimum Gasteiger partial charge on any atom is -0.492 e. The number of allylic oxidation sites excluding steroid dienone is 4. The number of ether oxygens (including phenoxy) is 1. The van der Waals surface area contributed by atoms with E-state index in [1.807, 2.05) is 83.4 Å². The van der Waals surface area contributed by atoms with Crippen LogP contribution in [-0.4, -0.2) is 63.0 Å². The van der Waals surface area contributed by atoms with Crippen LogP contribution in [0.25, 0.3) is 10.3 Å². The summed E-state index contributed by atoms with van der Waals surface area (Å²) in [6.45, 7) is 7.02. The summed E-state index contributed by atoms with van der Waals surface area (Å²) in [6, 6.07) is 11.4. The molecule has 0 aliphatic heterocycles. The van der Waals surface area contributed by atoms with Gasteiger partial charge in [0.15, 0.2) is 11.5 Å². The molecule has 3 aromatic heterocycles. The number of thiazole rings is 1. The normalized spacial score (nSPS) is 12.2. The van der Waals surface area contributed by atoms with Crippen LogP contribution in [0.15, 0.2) is 92.1 Å². The van der Waals surface area contributed by atoms with Crippen molar-refractivity contribution >= 4 is 56.2 Å². The molecule has 1 amide bonds. The Morgan fingerprint density at radius 2 is 1.93 bits per heavy atom. The molecule has 3 heterocycles. The lowest BCUT2D eigenvalue weighted by molar-refractivity contribution is -0.112. The minimum absolute atomic E-state index is 0.121. The minimum atomic E-state index is -0.284. The van der Waals surface area contributed by atoms with Crippen molar-refractivity contribution in [3.63, 3.8) is 0 Å². The van der Waals surface area contributed by atoms with E-state index in [0.29, 0.717) is 27.0 Å². The Kier molecular flexibility index (Phi) is 10.7. The number of carbonyl (C=O) groups excluding carboxylic acids is 1. The summed E-state index contributed by atoms with van der Waals surface area (Å²) in [4.78, 5) is 28.0. The highest BCUT2D eigenvalue weighted by Gasteiger charge is 2.20. The van der Waals surface area contributed by atoms with Crippen LogP contribution in [0.4, 0.5) is 9.61 Å². The predicted molar refractivity (Wildman–Crippen MR) is 165 cm³/mol. The third kappa shape index (κ3) is 8.73. The van der Waals surface area contributed by atoms with Crippen molar-refractivity contribution in [1.29, 1.82) is 0 Å². The van der Waals surface area contributed by atoms with Crippen molar-refractivity contribution in [2.45, 2.75) is 30.8 Å².